The Morgan fingerprint density at radius 2 is 1.85 bits per heavy atom. The molecule has 0 aromatic heterocycles. The SMILES string of the molecule is CCCCN(CCC)c1ccc(N=CC2C(=O)Nc3cccc(C)c32)cc1. The number of benzene rings is 2. The molecule has 1 aliphatic rings. The lowest BCUT2D eigenvalue weighted by atomic mass is 9.97. The molecule has 0 saturated carbocycles. The first kappa shape index (κ1) is 19.2. The van der Waals surface area contributed by atoms with Crippen molar-refractivity contribution in [2.45, 2.75) is 46.0 Å². The van der Waals surface area contributed by atoms with Crippen LogP contribution in [0.2, 0.25) is 0 Å². The number of nitrogens with one attached hydrogen (secondary N) is 1. The number of rotatable bonds is 8. The Balaban J connectivity index is 1.74. The maximum Gasteiger partial charge on any atom is 0.237 e. The predicted molar refractivity (Wildman–Crippen MR) is 115 cm³/mol. The average molecular weight is 364 g/mol. The molecular weight excluding hydrogens is 334 g/mol. The quantitative estimate of drug-likeness (QED) is 0.634. The van der Waals surface area contributed by atoms with Crippen molar-refractivity contribution in [1.29, 1.82) is 0 Å². The van der Waals surface area contributed by atoms with E-state index in [0.717, 1.165) is 42.0 Å². The zero-order valence-electron chi connectivity index (χ0n) is 16.5. The monoisotopic (exact) mass is 363 g/mol. The first-order valence-electron chi connectivity index (χ1n) is 9.93. The van der Waals surface area contributed by atoms with Gasteiger partial charge in [0.25, 0.3) is 0 Å². The Morgan fingerprint density at radius 3 is 2.56 bits per heavy atom. The number of nitrogens with zero attached hydrogens (tertiary/aromatic N) is 2. The van der Waals surface area contributed by atoms with Gasteiger partial charge in [0.2, 0.25) is 5.91 Å². The first-order chi connectivity index (χ1) is 13.1. The molecule has 0 spiro atoms. The summed E-state index contributed by atoms with van der Waals surface area (Å²) in [5.74, 6) is -0.324. The Labute approximate surface area is 162 Å². The molecule has 2 aromatic carbocycles. The molecule has 0 saturated heterocycles. The number of unbranched alkanes of at least 4 members (excludes halogenated alkanes) is 1. The van der Waals surface area contributed by atoms with Gasteiger partial charge in [0.1, 0.15) is 5.92 Å². The lowest BCUT2D eigenvalue weighted by molar-refractivity contribution is -0.115. The van der Waals surface area contributed by atoms with E-state index in [-0.39, 0.29) is 11.8 Å². The van der Waals surface area contributed by atoms with Crippen molar-refractivity contribution in [1.82, 2.24) is 0 Å². The maximum absolute atomic E-state index is 12.3. The summed E-state index contributed by atoms with van der Waals surface area (Å²) >= 11 is 0. The van der Waals surface area contributed by atoms with Crippen LogP contribution in [-0.2, 0) is 4.79 Å². The third-order valence-electron chi connectivity index (χ3n) is 5.04. The molecule has 3 rings (SSSR count). The fourth-order valence-corrected chi connectivity index (χ4v) is 3.59. The van der Waals surface area contributed by atoms with Crippen molar-refractivity contribution < 1.29 is 4.79 Å². The van der Waals surface area contributed by atoms with E-state index in [0.29, 0.717) is 0 Å². The molecule has 1 N–H and O–H groups in total. The second-order valence-corrected chi connectivity index (χ2v) is 7.14. The van der Waals surface area contributed by atoms with E-state index in [4.69, 9.17) is 0 Å². The number of carbonyl (C=O) groups is 1. The summed E-state index contributed by atoms with van der Waals surface area (Å²) in [7, 11) is 0. The van der Waals surface area contributed by atoms with Gasteiger partial charge >= 0.3 is 0 Å². The number of aryl methyl sites for hydroxylation is 1. The predicted octanol–water partition coefficient (Wildman–Crippen LogP) is 5.45. The number of aliphatic imine (C=N–C) groups is 1. The van der Waals surface area contributed by atoms with Crippen LogP contribution < -0.4 is 10.2 Å². The third-order valence-corrected chi connectivity index (χ3v) is 5.04. The summed E-state index contributed by atoms with van der Waals surface area (Å²) in [6, 6.07) is 14.3. The molecule has 1 atom stereocenters. The van der Waals surface area contributed by atoms with Crippen molar-refractivity contribution in [3.63, 3.8) is 0 Å². The molecule has 1 unspecified atom stereocenters. The van der Waals surface area contributed by atoms with E-state index in [9.17, 15) is 4.79 Å². The van der Waals surface area contributed by atoms with Gasteiger partial charge in [-0.3, -0.25) is 9.79 Å². The smallest absolute Gasteiger partial charge is 0.237 e. The molecule has 0 fully saturated rings. The second-order valence-electron chi connectivity index (χ2n) is 7.14. The molecule has 27 heavy (non-hydrogen) atoms. The van der Waals surface area contributed by atoms with Crippen molar-refractivity contribution in [2.24, 2.45) is 4.99 Å². The molecule has 1 amide bonds. The number of anilines is 2. The van der Waals surface area contributed by atoms with Crippen LogP contribution in [0.25, 0.3) is 0 Å². The Kier molecular flexibility index (Phi) is 6.28. The van der Waals surface area contributed by atoms with Crippen LogP contribution in [0, 0.1) is 6.92 Å². The standard InChI is InChI=1S/C23H29N3O/c1-4-6-15-26(14-5-2)19-12-10-18(11-13-19)24-16-20-22-17(3)8-7-9-21(22)25-23(20)27/h7-13,16,20H,4-6,14-15H2,1-3H3,(H,25,27). The first-order valence-corrected chi connectivity index (χ1v) is 9.93. The zero-order chi connectivity index (χ0) is 19.2. The minimum Gasteiger partial charge on any atom is -0.372 e. The normalized spacial score (nSPS) is 15.8. The topological polar surface area (TPSA) is 44.7 Å². The number of fused-ring (bicyclic) bond motifs is 1. The van der Waals surface area contributed by atoms with Crippen LogP contribution in [0.1, 0.15) is 50.2 Å². The van der Waals surface area contributed by atoms with Gasteiger partial charge in [0, 0.05) is 30.7 Å². The number of amides is 1. The maximum atomic E-state index is 12.3. The van der Waals surface area contributed by atoms with E-state index in [2.05, 4.69) is 41.2 Å². The van der Waals surface area contributed by atoms with Crippen LogP contribution in [0.3, 0.4) is 0 Å². The van der Waals surface area contributed by atoms with Crippen molar-refractivity contribution in [3.05, 3.63) is 53.6 Å². The fraction of sp³-hybridized carbons (Fsp3) is 0.391. The fourth-order valence-electron chi connectivity index (χ4n) is 3.59. The van der Waals surface area contributed by atoms with E-state index >= 15 is 0 Å². The van der Waals surface area contributed by atoms with Crippen LogP contribution in [-0.4, -0.2) is 25.2 Å². The molecule has 1 aliphatic heterocycles. The van der Waals surface area contributed by atoms with Crippen LogP contribution in [0.4, 0.5) is 17.1 Å². The van der Waals surface area contributed by atoms with Crippen LogP contribution in [0.5, 0.6) is 0 Å². The third kappa shape index (κ3) is 4.38. The zero-order valence-corrected chi connectivity index (χ0v) is 16.5. The molecule has 4 nitrogen and oxygen atoms in total. The van der Waals surface area contributed by atoms with Crippen molar-refractivity contribution in [2.75, 3.05) is 23.3 Å². The lowest BCUT2D eigenvalue weighted by Gasteiger charge is -2.24. The molecule has 0 radical (unpaired) electrons. The largest absolute Gasteiger partial charge is 0.372 e. The molecule has 2 aromatic rings. The number of carbonyl (C=O) groups excluding carboxylic acids is 1. The molecule has 1 heterocycles. The van der Waals surface area contributed by atoms with Gasteiger partial charge in [0.05, 0.1) is 5.69 Å². The Morgan fingerprint density at radius 1 is 1.07 bits per heavy atom. The molecule has 0 aliphatic carbocycles. The van der Waals surface area contributed by atoms with Gasteiger partial charge < -0.3 is 10.2 Å². The summed E-state index contributed by atoms with van der Waals surface area (Å²) in [6.45, 7) is 8.63. The number of hydrogen-bond acceptors (Lipinski definition) is 3. The second kappa shape index (κ2) is 8.85. The Bertz CT molecular complexity index is 811. The van der Waals surface area contributed by atoms with Gasteiger partial charge in [-0.05, 0) is 61.2 Å². The molecule has 0 bridgehead atoms. The molecule has 142 valence electrons. The Hall–Kier alpha value is -2.62. The van der Waals surface area contributed by atoms with Gasteiger partial charge in [0.15, 0.2) is 0 Å². The van der Waals surface area contributed by atoms with Gasteiger partial charge in [-0.25, -0.2) is 0 Å². The highest BCUT2D eigenvalue weighted by atomic mass is 16.2. The lowest BCUT2D eigenvalue weighted by Crippen LogP contribution is -2.24. The molecular formula is C23H29N3O. The highest BCUT2D eigenvalue weighted by Crippen LogP contribution is 2.34. The van der Waals surface area contributed by atoms with Gasteiger partial charge in [-0.2, -0.15) is 0 Å². The van der Waals surface area contributed by atoms with Crippen LogP contribution >= 0.6 is 0 Å². The van der Waals surface area contributed by atoms with E-state index in [1.54, 1.807) is 6.21 Å². The molecule has 4 heteroatoms. The van der Waals surface area contributed by atoms with Gasteiger partial charge in [-0.15, -0.1) is 0 Å². The minimum atomic E-state index is -0.318. The van der Waals surface area contributed by atoms with Crippen molar-refractivity contribution in [3.8, 4) is 0 Å². The minimum absolute atomic E-state index is 0.00615. The summed E-state index contributed by atoms with van der Waals surface area (Å²) in [5.41, 5.74) is 5.17. The van der Waals surface area contributed by atoms with E-state index in [1.165, 1.54) is 18.5 Å². The van der Waals surface area contributed by atoms with Crippen molar-refractivity contribution >= 4 is 29.2 Å². The summed E-state index contributed by atoms with van der Waals surface area (Å²) < 4.78 is 0. The van der Waals surface area contributed by atoms with E-state index in [1.807, 2.05) is 37.3 Å². The average Bonchev–Trinajstić information content (AvgIpc) is 3.00. The number of hydrogen-bond donors (Lipinski definition) is 1. The van der Waals surface area contributed by atoms with E-state index < -0.39 is 0 Å². The summed E-state index contributed by atoms with van der Waals surface area (Å²) in [4.78, 5) is 19.3. The summed E-state index contributed by atoms with van der Waals surface area (Å²) in [6.07, 6.45) is 5.31. The van der Waals surface area contributed by atoms with Crippen LogP contribution in [0.15, 0.2) is 47.5 Å². The highest BCUT2D eigenvalue weighted by Gasteiger charge is 2.30. The van der Waals surface area contributed by atoms with Gasteiger partial charge in [-0.1, -0.05) is 32.4 Å². The summed E-state index contributed by atoms with van der Waals surface area (Å²) in [5, 5.41) is 2.95. The highest BCUT2D eigenvalue weighted by molar-refractivity contribution is 6.13.